The van der Waals surface area contributed by atoms with Gasteiger partial charge in [0.15, 0.2) is 0 Å². The van der Waals surface area contributed by atoms with E-state index in [1.165, 1.54) is 91.3 Å². The van der Waals surface area contributed by atoms with Crippen LogP contribution in [0.25, 0.3) is 11.1 Å². The minimum atomic E-state index is -0.363. The number of anilines is 5. The van der Waals surface area contributed by atoms with E-state index in [1.54, 1.807) is 0 Å². The lowest BCUT2D eigenvalue weighted by Crippen LogP contribution is -2.39. The Bertz CT molecular complexity index is 2870. The molecule has 61 heavy (non-hydrogen) atoms. The molecule has 6 aromatic rings. The molecule has 6 nitrogen and oxygen atoms in total. The number of para-hydroxylation sites is 4. The van der Waals surface area contributed by atoms with Crippen molar-refractivity contribution in [3.63, 3.8) is 0 Å². The molecule has 0 radical (unpaired) electrons. The number of fused-ring (bicyclic) bond motifs is 5. The van der Waals surface area contributed by atoms with Crippen LogP contribution in [0.15, 0.2) is 187 Å². The maximum Gasteiger partial charge on any atom is 0.110 e. The molecule has 4 aromatic carbocycles. The molecular weight excluding hydrogens is 845 g/mol. The molecule has 12 rings (SSSR count). The highest BCUT2D eigenvalue weighted by Gasteiger charge is 2.40. The fourth-order valence-corrected chi connectivity index (χ4v) is 14.7. The zero-order chi connectivity index (χ0) is 40.6. The van der Waals surface area contributed by atoms with Crippen LogP contribution >= 0.6 is 58.4 Å². The molecule has 3 unspecified atom stereocenters. The summed E-state index contributed by atoms with van der Waals surface area (Å²) in [5, 5.41) is 2.94. The topological polar surface area (TPSA) is 84.3 Å². The number of nitrogens with two attached hydrogens (primary N) is 2. The van der Waals surface area contributed by atoms with E-state index in [0.29, 0.717) is 5.25 Å². The Balaban J connectivity index is 0.779. The summed E-state index contributed by atoms with van der Waals surface area (Å²) in [6, 6.07) is 39.1. The first-order valence-electron chi connectivity index (χ1n) is 20.7. The van der Waals surface area contributed by atoms with Crippen molar-refractivity contribution < 1.29 is 0 Å². The van der Waals surface area contributed by atoms with Gasteiger partial charge in [-0.05, 0) is 104 Å². The maximum absolute atomic E-state index is 7.15. The third-order valence-electron chi connectivity index (χ3n) is 12.5. The number of aromatic nitrogens is 2. The molecule has 0 saturated carbocycles. The lowest BCUT2D eigenvalue weighted by molar-refractivity contribution is 0.601. The summed E-state index contributed by atoms with van der Waals surface area (Å²) in [5.41, 5.74) is 28.1. The molecule has 4 N–H and O–H groups in total. The van der Waals surface area contributed by atoms with Crippen LogP contribution in [0.5, 0.6) is 0 Å². The Morgan fingerprint density at radius 3 is 1.77 bits per heavy atom. The number of allylic oxidation sites excluding steroid dienone is 8. The first-order chi connectivity index (χ1) is 30.1. The Labute approximate surface area is 376 Å². The van der Waals surface area contributed by atoms with Crippen LogP contribution in [0.2, 0.25) is 0 Å². The van der Waals surface area contributed by atoms with Gasteiger partial charge >= 0.3 is 0 Å². The second-order valence-electron chi connectivity index (χ2n) is 16.0. The van der Waals surface area contributed by atoms with Crippen LogP contribution in [0.3, 0.4) is 0 Å². The number of hydrogen-bond acceptors (Lipinski definition) is 11. The van der Waals surface area contributed by atoms with E-state index in [2.05, 4.69) is 149 Å². The summed E-state index contributed by atoms with van der Waals surface area (Å²) < 4.78 is 9.80. The summed E-state index contributed by atoms with van der Waals surface area (Å²) in [5.74, 6) is -0.0812. The van der Waals surface area contributed by atoms with E-state index in [1.807, 2.05) is 46.6 Å². The van der Waals surface area contributed by atoms with Crippen LogP contribution in [0.4, 0.5) is 27.8 Å². The van der Waals surface area contributed by atoms with Crippen molar-refractivity contribution in [3.8, 4) is 0 Å². The Morgan fingerprint density at radius 2 is 1.16 bits per heavy atom. The summed E-state index contributed by atoms with van der Waals surface area (Å²) in [6.45, 7) is 0. The van der Waals surface area contributed by atoms with Crippen LogP contribution < -0.4 is 21.3 Å². The fraction of sp³-hybridized carbons (Fsp3) is 0.160. The smallest absolute Gasteiger partial charge is 0.110 e. The molecule has 11 heteroatoms. The van der Waals surface area contributed by atoms with Gasteiger partial charge < -0.3 is 16.4 Å². The van der Waals surface area contributed by atoms with E-state index in [0.717, 1.165) is 54.8 Å². The van der Waals surface area contributed by atoms with Gasteiger partial charge in [0.05, 0.1) is 51.2 Å². The predicted octanol–water partition coefficient (Wildman–Crippen LogP) is 13.7. The van der Waals surface area contributed by atoms with Crippen LogP contribution in [0, 0.1) is 0 Å². The molecule has 2 aromatic heterocycles. The third-order valence-corrected chi connectivity index (χ3v) is 17.9. The fourth-order valence-electron chi connectivity index (χ4n) is 9.54. The lowest BCUT2D eigenvalue weighted by Gasteiger charge is -2.34. The Morgan fingerprint density at radius 1 is 0.590 bits per heavy atom. The quantitative estimate of drug-likeness (QED) is 0.170. The van der Waals surface area contributed by atoms with E-state index >= 15 is 0 Å². The molecule has 3 aliphatic carbocycles. The van der Waals surface area contributed by atoms with Gasteiger partial charge in [0, 0.05) is 46.9 Å². The van der Waals surface area contributed by atoms with Gasteiger partial charge in [-0.1, -0.05) is 114 Å². The monoisotopic (exact) mass is 884 g/mol. The van der Waals surface area contributed by atoms with E-state index in [-0.39, 0.29) is 12.0 Å². The highest BCUT2D eigenvalue weighted by Crippen LogP contribution is 2.56. The first-order valence-corrected chi connectivity index (χ1v) is 24.8. The average Bonchev–Trinajstić information content (AvgIpc) is 4.11. The minimum Gasteiger partial charge on any atom is -0.400 e. The molecule has 3 atom stereocenters. The van der Waals surface area contributed by atoms with Gasteiger partial charge in [0.1, 0.15) is 10.7 Å². The number of thioether (sulfide) groups is 1. The van der Waals surface area contributed by atoms with Gasteiger partial charge in [-0.15, -0.1) is 23.1 Å². The average molecular weight is 885 g/mol. The molecule has 0 amide bonds. The third kappa shape index (κ3) is 6.43. The molecule has 0 bridgehead atoms. The van der Waals surface area contributed by atoms with Gasteiger partial charge in [-0.3, -0.25) is 4.90 Å². The summed E-state index contributed by atoms with van der Waals surface area (Å²) in [7, 11) is 0. The largest absolute Gasteiger partial charge is 0.400 e. The Hall–Kier alpha value is -5.01. The number of benzene rings is 4. The molecular formula is C50H40N6S5. The van der Waals surface area contributed by atoms with Crippen molar-refractivity contribution in [2.75, 3.05) is 9.80 Å². The molecule has 6 aliphatic rings. The molecule has 0 saturated heterocycles. The predicted molar refractivity (Wildman–Crippen MR) is 259 cm³/mol. The highest BCUT2D eigenvalue weighted by atomic mass is 32.2. The SMILES string of the molecule is NC1=C(C2=CC=C(c3ccc(N4c5ccccc5Sc5ccccc54)s3)CC2)c2nsnc2C(C2=CC=C(C3CC=C(N4c5ccccc5Sc5ccccc54)S3)CC2)C1N. The first kappa shape index (κ1) is 37.7. The summed E-state index contributed by atoms with van der Waals surface area (Å²) in [4.78, 5) is 11.3. The van der Waals surface area contributed by atoms with Gasteiger partial charge in [0.2, 0.25) is 0 Å². The van der Waals surface area contributed by atoms with Gasteiger partial charge in [-0.25, -0.2) is 0 Å². The number of thiophene rings is 1. The standard InChI is InChI=1S/C50H40N6S5/c51-47-45(31-21-17-29(18-22-31)37-25-27-43(59-37)55-33-9-1-5-13-39(33)57-40-14-6-2-10-34(40)55)49-50(54-61-53-49)46(48(47)52)32-23-19-30(20-24-32)38-26-28-44(60-38)56-35-11-3-7-15-41(35)58-42-16-8-4-12-36(42)56/h1-17,19,21,23,25,27-28,38,46,48H,18,20,22,24,26,51-52H2. The summed E-state index contributed by atoms with van der Waals surface area (Å²) >= 11 is 8.81. The lowest BCUT2D eigenvalue weighted by atomic mass is 9.74. The minimum absolute atomic E-state index is 0.0812. The van der Waals surface area contributed by atoms with Crippen molar-refractivity contribution >= 4 is 97.2 Å². The van der Waals surface area contributed by atoms with E-state index in [4.69, 9.17) is 20.2 Å². The zero-order valence-corrected chi connectivity index (χ0v) is 37.1. The highest BCUT2D eigenvalue weighted by molar-refractivity contribution is 8.04. The van der Waals surface area contributed by atoms with Crippen molar-refractivity contribution in [1.29, 1.82) is 0 Å². The van der Waals surface area contributed by atoms with Crippen molar-refractivity contribution in [2.24, 2.45) is 11.5 Å². The second-order valence-corrected chi connectivity index (χ2v) is 20.9. The van der Waals surface area contributed by atoms with Crippen LogP contribution in [0.1, 0.15) is 54.3 Å². The van der Waals surface area contributed by atoms with E-state index < -0.39 is 0 Å². The van der Waals surface area contributed by atoms with Crippen LogP contribution in [-0.2, 0) is 0 Å². The molecule has 0 fully saturated rings. The van der Waals surface area contributed by atoms with Gasteiger partial charge in [-0.2, -0.15) is 8.75 Å². The van der Waals surface area contributed by atoms with Crippen molar-refractivity contribution in [2.45, 2.75) is 68.9 Å². The second kappa shape index (κ2) is 15.4. The number of rotatable bonds is 6. The molecule has 0 spiro atoms. The Kier molecular flexibility index (Phi) is 9.53. The van der Waals surface area contributed by atoms with Crippen molar-refractivity contribution in [1.82, 2.24) is 8.75 Å². The molecule has 5 heterocycles. The van der Waals surface area contributed by atoms with E-state index in [9.17, 15) is 0 Å². The zero-order valence-electron chi connectivity index (χ0n) is 33.0. The maximum atomic E-state index is 7.15. The number of nitrogens with zero attached hydrogens (tertiary/aromatic N) is 4. The molecule has 3 aliphatic heterocycles. The van der Waals surface area contributed by atoms with Crippen LogP contribution in [-0.4, -0.2) is 20.0 Å². The van der Waals surface area contributed by atoms with Gasteiger partial charge in [0.25, 0.3) is 0 Å². The molecule has 300 valence electrons. The summed E-state index contributed by atoms with van der Waals surface area (Å²) in [6.07, 6.45) is 16.4. The van der Waals surface area contributed by atoms with Crippen molar-refractivity contribution in [3.05, 3.63) is 183 Å². The normalized spacial score (nSPS) is 21.6. The number of hydrogen-bond donors (Lipinski definition) is 2.